The van der Waals surface area contributed by atoms with Crippen LogP contribution >= 0.6 is 15.9 Å². The van der Waals surface area contributed by atoms with Gasteiger partial charge in [0.05, 0.1) is 0 Å². The molecule has 4 nitrogen and oxygen atoms in total. The molecule has 1 saturated carbocycles. The van der Waals surface area contributed by atoms with Crippen LogP contribution < -0.4 is 10.9 Å². The van der Waals surface area contributed by atoms with Crippen molar-refractivity contribution in [3.63, 3.8) is 0 Å². The minimum Gasteiger partial charge on any atom is -0.352 e. The molecule has 0 atom stereocenters. The zero-order valence-corrected chi connectivity index (χ0v) is 11.8. The van der Waals surface area contributed by atoms with E-state index in [4.69, 9.17) is 0 Å². The zero-order chi connectivity index (χ0) is 13.0. The van der Waals surface area contributed by atoms with Crippen molar-refractivity contribution in [3.8, 4) is 0 Å². The van der Waals surface area contributed by atoms with E-state index in [2.05, 4.69) is 21.2 Å². The number of pyridine rings is 1. The van der Waals surface area contributed by atoms with Crippen LogP contribution in [-0.2, 0) is 11.3 Å². The van der Waals surface area contributed by atoms with E-state index in [1.54, 1.807) is 12.3 Å². The summed E-state index contributed by atoms with van der Waals surface area (Å²) in [7, 11) is 0. The molecule has 98 valence electrons. The summed E-state index contributed by atoms with van der Waals surface area (Å²) in [4.78, 5) is 23.4. The molecule has 0 spiro atoms. The Balaban J connectivity index is 1.94. The second-order valence-corrected chi connectivity index (χ2v) is 5.63. The Morgan fingerprint density at radius 1 is 1.33 bits per heavy atom. The Labute approximate surface area is 115 Å². The van der Waals surface area contributed by atoms with Gasteiger partial charge in [-0.15, -0.1) is 0 Å². The predicted octanol–water partition coefficient (Wildman–Crippen LogP) is 2.06. The average molecular weight is 313 g/mol. The van der Waals surface area contributed by atoms with Gasteiger partial charge in [-0.2, -0.15) is 0 Å². The van der Waals surface area contributed by atoms with Gasteiger partial charge in [0.2, 0.25) is 5.91 Å². The Morgan fingerprint density at radius 3 is 2.78 bits per heavy atom. The lowest BCUT2D eigenvalue weighted by Crippen LogP contribution is -2.39. The molecule has 1 fully saturated rings. The van der Waals surface area contributed by atoms with Gasteiger partial charge in [-0.25, -0.2) is 0 Å². The molecule has 2 rings (SSSR count). The molecule has 1 heterocycles. The van der Waals surface area contributed by atoms with Crippen molar-refractivity contribution < 1.29 is 4.79 Å². The summed E-state index contributed by atoms with van der Waals surface area (Å²) in [6.07, 6.45) is 7.38. The van der Waals surface area contributed by atoms with Gasteiger partial charge in [0.25, 0.3) is 5.56 Å². The maximum atomic E-state index is 11.9. The number of nitrogens with one attached hydrogen (secondary N) is 1. The summed E-state index contributed by atoms with van der Waals surface area (Å²) in [5.41, 5.74) is -0.156. The Kier molecular flexibility index (Phi) is 4.58. The SMILES string of the molecule is O=C(Cn1cc(Br)ccc1=O)NC1CCCCC1. The predicted molar refractivity (Wildman–Crippen MR) is 73.4 cm³/mol. The van der Waals surface area contributed by atoms with Gasteiger partial charge in [-0.1, -0.05) is 19.3 Å². The number of carbonyl (C=O) groups is 1. The number of aromatic nitrogens is 1. The number of rotatable bonds is 3. The lowest BCUT2D eigenvalue weighted by Gasteiger charge is -2.22. The van der Waals surface area contributed by atoms with Crippen molar-refractivity contribution in [1.82, 2.24) is 9.88 Å². The van der Waals surface area contributed by atoms with E-state index in [1.807, 2.05) is 0 Å². The highest BCUT2D eigenvalue weighted by atomic mass is 79.9. The molecule has 18 heavy (non-hydrogen) atoms. The zero-order valence-electron chi connectivity index (χ0n) is 10.2. The van der Waals surface area contributed by atoms with Gasteiger partial charge in [0.1, 0.15) is 6.54 Å². The Morgan fingerprint density at radius 2 is 2.06 bits per heavy atom. The molecule has 1 aromatic rings. The van der Waals surface area contributed by atoms with Crippen molar-refractivity contribution in [3.05, 3.63) is 33.2 Å². The molecule has 1 amide bonds. The third-order valence-electron chi connectivity index (χ3n) is 3.23. The molecule has 1 aromatic heterocycles. The minimum absolute atomic E-state index is 0.0814. The highest BCUT2D eigenvalue weighted by Gasteiger charge is 2.15. The fourth-order valence-corrected chi connectivity index (χ4v) is 2.68. The van der Waals surface area contributed by atoms with E-state index in [9.17, 15) is 9.59 Å². The number of nitrogens with zero attached hydrogens (tertiary/aromatic N) is 1. The topological polar surface area (TPSA) is 51.1 Å². The molecule has 0 saturated heterocycles. The molecular weight excluding hydrogens is 296 g/mol. The average Bonchev–Trinajstić information content (AvgIpc) is 2.35. The quantitative estimate of drug-likeness (QED) is 0.929. The van der Waals surface area contributed by atoms with Crippen LogP contribution in [0.2, 0.25) is 0 Å². The lowest BCUT2D eigenvalue weighted by atomic mass is 9.95. The molecule has 0 aromatic carbocycles. The number of hydrogen-bond donors (Lipinski definition) is 1. The summed E-state index contributed by atoms with van der Waals surface area (Å²) in [6, 6.07) is 3.42. The molecule has 5 heteroatoms. The van der Waals surface area contributed by atoms with Crippen LogP contribution in [0.3, 0.4) is 0 Å². The van der Waals surface area contributed by atoms with E-state index in [-0.39, 0.29) is 24.1 Å². The summed E-state index contributed by atoms with van der Waals surface area (Å²) >= 11 is 3.29. The van der Waals surface area contributed by atoms with E-state index in [0.29, 0.717) is 0 Å². The highest BCUT2D eigenvalue weighted by Crippen LogP contribution is 2.17. The van der Waals surface area contributed by atoms with Crippen molar-refractivity contribution in [2.24, 2.45) is 0 Å². The molecule has 1 aliphatic rings. The monoisotopic (exact) mass is 312 g/mol. The van der Waals surface area contributed by atoms with Gasteiger partial charge in [-0.3, -0.25) is 9.59 Å². The standard InChI is InChI=1S/C13H17BrN2O2/c14-10-6-7-13(18)16(8-10)9-12(17)15-11-4-2-1-3-5-11/h6-8,11H,1-5,9H2,(H,15,17). The number of carbonyl (C=O) groups excluding carboxylic acids is 1. The first-order chi connectivity index (χ1) is 8.65. The molecule has 0 aliphatic heterocycles. The second-order valence-electron chi connectivity index (χ2n) is 4.72. The van der Waals surface area contributed by atoms with Crippen LogP contribution in [0.15, 0.2) is 27.6 Å². The first kappa shape index (κ1) is 13.3. The molecule has 0 bridgehead atoms. The molecule has 0 radical (unpaired) electrons. The first-order valence-electron chi connectivity index (χ1n) is 6.30. The van der Waals surface area contributed by atoms with Crippen molar-refractivity contribution in [2.45, 2.75) is 44.7 Å². The van der Waals surface area contributed by atoms with Crippen LogP contribution in [0.4, 0.5) is 0 Å². The highest BCUT2D eigenvalue weighted by molar-refractivity contribution is 9.10. The number of amides is 1. The normalized spacial score (nSPS) is 16.5. The Bertz CT molecular complexity index is 478. The number of halogens is 1. The maximum Gasteiger partial charge on any atom is 0.251 e. The van der Waals surface area contributed by atoms with Crippen molar-refractivity contribution in [2.75, 3.05) is 0 Å². The minimum atomic E-state index is -0.156. The summed E-state index contributed by atoms with van der Waals surface area (Å²) in [6.45, 7) is 0.0920. The van der Waals surface area contributed by atoms with Gasteiger partial charge in [-0.05, 0) is 34.8 Å². The maximum absolute atomic E-state index is 11.9. The molecule has 1 N–H and O–H groups in total. The fraction of sp³-hybridized carbons (Fsp3) is 0.538. The fourth-order valence-electron chi connectivity index (χ4n) is 2.30. The van der Waals surface area contributed by atoms with E-state index in [0.717, 1.165) is 17.3 Å². The molecule has 1 aliphatic carbocycles. The molecule has 0 unspecified atom stereocenters. The Hall–Kier alpha value is -1.10. The molecular formula is C13H17BrN2O2. The summed E-state index contributed by atoms with van der Waals surface area (Å²) in [5, 5.41) is 3.00. The first-order valence-corrected chi connectivity index (χ1v) is 7.10. The van der Waals surface area contributed by atoms with Crippen molar-refractivity contribution >= 4 is 21.8 Å². The van der Waals surface area contributed by atoms with E-state index >= 15 is 0 Å². The number of hydrogen-bond acceptors (Lipinski definition) is 2. The van der Waals surface area contributed by atoms with E-state index < -0.39 is 0 Å². The van der Waals surface area contributed by atoms with Crippen LogP contribution in [0.25, 0.3) is 0 Å². The third-order valence-corrected chi connectivity index (χ3v) is 3.70. The van der Waals surface area contributed by atoms with Gasteiger partial charge in [0, 0.05) is 22.8 Å². The van der Waals surface area contributed by atoms with Gasteiger partial charge >= 0.3 is 0 Å². The van der Waals surface area contributed by atoms with Crippen molar-refractivity contribution in [1.29, 1.82) is 0 Å². The van der Waals surface area contributed by atoms with Crippen LogP contribution in [0, 0.1) is 0 Å². The van der Waals surface area contributed by atoms with Gasteiger partial charge in [0.15, 0.2) is 0 Å². The summed E-state index contributed by atoms with van der Waals surface area (Å²) in [5.74, 6) is -0.0814. The smallest absolute Gasteiger partial charge is 0.251 e. The van der Waals surface area contributed by atoms with Crippen LogP contribution in [0.1, 0.15) is 32.1 Å². The third kappa shape index (κ3) is 3.70. The van der Waals surface area contributed by atoms with Crippen LogP contribution in [-0.4, -0.2) is 16.5 Å². The van der Waals surface area contributed by atoms with Gasteiger partial charge < -0.3 is 9.88 Å². The van der Waals surface area contributed by atoms with Crippen LogP contribution in [0.5, 0.6) is 0 Å². The van der Waals surface area contributed by atoms with E-state index in [1.165, 1.54) is 29.9 Å². The second kappa shape index (κ2) is 6.18. The lowest BCUT2D eigenvalue weighted by molar-refractivity contribution is -0.122. The largest absolute Gasteiger partial charge is 0.352 e. The summed E-state index contributed by atoms with van der Waals surface area (Å²) < 4.78 is 2.22.